The lowest BCUT2D eigenvalue weighted by Crippen LogP contribution is -2.29. The largest absolute Gasteiger partial charge is 0.381 e. The Bertz CT molecular complexity index is 521. The molecule has 2 heterocycles. The molecule has 1 aromatic carbocycles. The zero-order valence-corrected chi connectivity index (χ0v) is 10.6. The number of amides is 2. The zero-order valence-electron chi connectivity index (χ0n) is 10.6. The topological polar surface area (TPSA) is 67.4 Å². The van der Waals surface area contributed by atoms with Gasteiger partial charge in [0.05, 0.1) is 13.0 Å². The van der Waals surface area contributed by atoms with Gasteiger partial charge >= 0.3 is 0 Å². The first kappa shape index (κ1) is 12.2. The van der Waals surface area contributed by atoms with Crippen LogP contribution in [0.5, 0.6) is 0 Å². The Balaban J connectivity index is 1.63. The van der Waals surface area contributed by atoms with E-state index in [0.29, 0.717) is 24.4 Å². The van der Waals surface area contributed by atoms with Gasteiger partial charge in [0.2, 0.25) is 5.91 Å². The Kier molecular flexibility index (Phi) is 3.21. The normalized spacial score (nSPS) is 21.1. The van der Waals surface area contributed by atoms with Gasteiger partial charge < -0.3 is 15.4 Å². The molecule has 2 N–H and O–H groups in total. The molecule has 0 radical (unpaired) electrons. The number of hydrogen-bond donors (Lipinski definition) is 2. The van der Waals surface area contributed by atoms with Crippen molar-refractivity contribution in [2.24, 2.45) is 5.92 Å². The molecule has 5 nitrogen and oxygen atoms in total. The summed E-state index contributed by atoms with van der Waals surface area (Å²) in [4.78, 5) is 23.3. The molecule has 2 aliphatic rings. The van der Waals surface area contributed by atoms with E-state index in [1.807, 2.05) is 6.07 Å². The van der Waals surface area contributed by atoms with Gasteiger partial charge in [-0.3, -0.25) is 9.59 Å². The fourth-order valence-electron chi connectivity index (χ4n) is 2.44. The lowest BCUT2D eigenvalue weighted by Gasteiger charge is -2.10. The van der Waals surface area contributed by atoms with Crippen molar-refractivity contribution >= 4 is 17.5 Å². The van der Waals surface area contributed by atoms with E-state index in [4.69, 9.17) is 4.74 Å². The van der Waals surface area contributed by atoms with Crippen LogP contribution in [0, 0.1) is 5.92 Å². The molecular formula is C14H16N2O3. The monoisotopic (exact) mass is 260 g/mol. The van der Waals surface area contributed by atoms with Crippen molar-refractivity contribution in [3.63, 3.8) is 0 Å². The van der Waals surface area contributed by atoms with Crippen LogP contribution in [-0.4, -0.2) is 31.6 Å². The summed E-state index contributed by atoms with van der Waals surface area (Å²) in [5, 5.41) is 5.66. The molecule has 19 heavy (non-hydrogen) atoms. The summed E-state index contributed by atoms with van der Waals surface area (Å²) in [7, 11) is 0. The van der Waals surface area contributed by atoms with Crippen molar-refractivity contribution in [2.75, 3.05) is 25.1 Å². The Morgan fingerprint density at radius 3 is 3.16 bits per heavy atom. The molecule has 5 heteroatoms. The van der Waals surface area contributed by atoms with Gasteiger partial charge in [-0.15, -0.1) is 0 Å². The van der Waals surface area contributed by atoms with Crippen LogP contribution in [0.15, 0.2) is 18.2 Å². The van der Waals surface area contributed by atoms with E-state index < -0.39 is 0 Å². The molecular weight excluding hydrogens is 244 g/mol. The maximum Gasteiger partial charge on any atom is 0.251 e. The molecule has 0 aromatic heterocycles. The summed E-state index contributed by atoms with van der Waals surface area (Å²) in [6.45, 7) is 2.15. The van der Waals surface area contributed by atoms with Gasteiger partial charge in [-0.1, -0.05) is 6.07 Å². The SMILES string of the molecule is O=C1Cc2ccc(C(=O)NCC3CCOC3)cc2N1. The van der Waals surface area contributed by atoms with Crippen molar-refractivity contribution in [2.45, 2.75) is 12.8 Å². The second-order valence-corrected chi connectivity index (χ2v) is 5.04. The van der Waals surface area contributed by atoms with Gasteiger partial charge in [0, 0.05) is 30.3 Å². The van der Waals surface area contributed by atoms with Crippen LogP contribution in [0.25, 0.3) is 0 Å². The highest BCUT2D eigenvalue weighted by Gasteiger charge is 2.20. The summed E-state index contributed by atoms with van der Waals surface area (Å²) >= 11 is 0. The van der Waals surface area contributed by atoms with Crippen molar-refractivity contribution in [3.05, 3.63) is 29.3 Å². The molecule has 2 aliphatic heterocycles. The van der Waals surface area contributed by atoms with E-state index in [1.165, 1.54) is 0 Å². The van der Waals surface area contributed by atoms with Gasteiger partial charge in [-0.05, 0) is 24.1 Å². The van der Waals surface area contributed by atoms with E-state index in [2.05, 4.69) is 10.6 Å². The Morgan fingerprint density at radius 1 is 1.47 bits per heavy atom. The zero-order chi connectivity index (χ0) is 13.2. The minimum atomic E-state index is -0.101. The molecule has 0 aliphatic carbocycles. The highest BCUT2D eigenvalue weighted by Crippen LogP contribution is 2.24. The number of fused-ring (bicyclic) bond motifs is 1. The average molecular weight is 260 g/mol. The number of anilines is 1. The first-order valence-corrected chi connectivity index (χ1v) is 6.51. The number of nitrogens with one attached hydrogen (secondary N) is 2. The number of carbonyl (C=O) groups is 2. The lowest BCUT2D eigenvalue weighted by molar-refractivity contribution is -0.115. The second-order valence-electron chi connectivity index (χ2n) is 5.04. The minimum Gasteiger partial charge on any atom is -0.381 e. The second kappa shape index (κ2) is 5.01. The third-order valence-corrected chi connectivity index (χ3v) is 3.57. The Morgan fingerprint density at radius 2 is 2.37 bits per heavy atom. The number of rotatable bonds is 3. The molecule has 100 valence electrons. The standard InChI is InChI=1S/C14H16N2O3/c17-13-6-10-1-2-11(5-12(10)16-13)14(18)15-7-9-3-4-19-8-9/h1-2,5,9H,3-4,6-8H2,(H,15,18)(H,16,17). The van der Waals surface area contributed by atoms with Gasteiger partial charge in [0.15, 0.2) is 0 Å². The maximum atomic E-state index is 12.0. The average Bonchev–Trinajstić information content (AvgIpc) is 3.02. The maximum absolute atomic E-state index is 12.0. The lowest BCUT2D eigenvalue weighted by atomic mass is 10.1. The third-order valence-electron chi connectivity index (χ3n) is 3.57. The van der Waals surface area contributed by atoms with E-state index in [9.17, 15) is 9.59 Å². The fourth-order valence-corrected chi connectivity index (χ4v) is 2.44. The highest BCUT2D eigenvalue weighted by molar-refractivity contribution is 6.02. The van der Waals surface area contributed by atoms with Crippen LogP contribution in [0.4, 0.5) is 5.69 Å². The van der Waals surface area contributed by atoms with Crippen molar-refractivity contribution < 1.29 is 14.3 Å². The molecule has 0 bridgehead atoms. The molecule has 1 saturated heterocycles. The summed E-state index contributed by atoms with van der Waals surface area (Å²) < 4.78 is 5.27. The summed E-state index contributed by atoms with van der Waals surface area (Å²) in [6.07, 6.45) is 1.40. The smallest absolute Gasteiger partial charge is 0.251 e. The summed E-state index contributed by atoms with van der Waals surface area (Å²) in [5.74, 6) is 0.296. The Labute approximate surface area is 111 Å². The quantitative estimate of drug-likeness (QED) is 0.850. The predicted octanol–water partition coefficient (Wildman–Crippen LogP) is 0.947. The van der Waals surface area contributed by atoms with Gasteiger partial charge in [-0.2, -0.15) is 0 Å². The summed E-state index contributed by atoms with van der Waals surface area (Å²) in [5.41, 5.74) is 2.28. The van der Waals surface area contributed by atoms with Crippen LogP contribution in [0.3, 0.4) is 0 Å². The Hall–Kier alpha value is -1.88. The molecule has 1 aromatic rings. The number of carbonyl (C=O) groups excluding carboxylic acids is 2. The van der Waals surface area contributed by atoms with Crippen molar-refractivity contribution in [1.29, 1.82) is 0 Å². The van der Waals surface area contributed by atoms with Crippen LogP contribution in [-0.2, 0) is 16.0 Å². The molecule has 1 atom stereocenters. The van der Waals surface area contributed by atoms with Crippen LogP contribution in [0.1, 0.15) is 22.3 Å². The van der Waals surface area contributed by atoms with Crippen LogP contribution < -0.4 is 10.6 Å². The van der Waals surface area contributed by atoms with Crippen LogP contribution in [0.2, 0.25) is 0 Å². The minimum absolute atomic E-state index is 0.0179. The third kappa shape index (κ3) is 2.61. The first-order valence-electron chi connectivity index (χ1n) is 6.51. The first-order chi connectivity index (χ1) is 9.22. The summed E-state index contributed by atoms with van der Waals surface area (Å²) in [6, 6.07) is 5.33. The molecule has 1 unspecified atom stereocenters. The van der Waals surface area contributed by atoms with E-state index >= 15 is 0 Å². The van der Waals surface area contributed by atoms with Gasteiger partial charge in [-0.25, -0.2) is 0 Å². The molecule has 3 rings (SSSR count). The highest BCUT2D eigenvalue weighted by atomic mass is 16.5. The van der Waals surface area contributed by atoms with Gasteiger partial charge in [0.1, 0.15) is 0 Å². The number of ether oxygens (including phenoxy) is 1. The van der Waals surface area contributed by atoms with E-state index in [-0.39, 0.29) is 11.8 Å². The fraction of sp³-hybridized carbons (Fsp3) is 0.429. The van der Waals surface area contributed by atoms with Crippen molar-refractivity contribution in [1.82, 2.24) is 5.32 Å². The predicted molar refractivity (Wildman–Crippen MR) is 70.0 cm³/mol. The van der Waals surface area contributed by atoms with Crippen molar-refractivity contribution in [3.8, 4) is 0 Å². The molecule has 2 amide bonds. The van der Waals surface area contributed by atoms with E-state index in [0.717, 1.165) is 30.9 Å². The molecule has 0 saturated carbocycles. The van der Waals surface area contributed by atoms with Gasteiger partial charge in [0.25, 0.3) is 5.91 Å². The number of hydrogen-bond acceptors (Lipinski definition) is 3. The molecule has 0 spiro atoms. The molecule has 1 fully saturated rings. The van der Waals surface area contributed by atoms with E-state index in [1.54, 1.807) is 12.1 Å². The number of benzene rings is 1. The van der Waals surface area contributed by atoms with Crippen LogP contribution >= 0.6 is 0 Å².